The summed E-state index contributed by atoms with van der Waals surface area (Å²) in [6, 6.07) is 12.7. The molecule has 2 N–H and O–H groups in total. The van der Waals surface area contributed by atoms with E-state index in [4.69, 9.17) is 5.73 Å². The summed E-state index contributed by atoms with van der Waals surface area (Å²) in [6.07, 6.45) is 0. The van der Waals surface area contributed by atoms with Gasteiger partial charge in [0.15, 0.2) is 0 Å². The van der Waals surface area contributed by atoms with Crippen LogP contribution in [0, 0.1) is 17.0 Å². The molecule has 21 heavy (non-hydrogen) atoms. The van der Waals surface area contributed by atoms with Crippen LogP contribution in [0.4, 0.5) is 17.1 Å². The van der Waals surface area contributed by atoms with Crippen LogP contribution in [0.3, 0.4) is 0 Å². The van der Waals surface area contributed by atoms with Crippen LogP contribution >= 0.6 is 0 Å². The van der Waals surface area contributed by atoms with E-state index in [1.54, 1.807) is 12.1 Å². The van der Waals surface area contributed by atoms with Crippen molar-refractivity contribution in [2.45, 2.75) is 20.4 Å². The molecule has 0 unspecified atom stereocenters. The molecule has 2 aromatic rings. The molecule has 0 aromatic heterocycles. The highest BCUT2D eigenvalue weighted by Gasteiger charge is 2.12. The second kappa shape index (κ2) is 6.26. The van der Waals surface area contributed by atoms with Crippen LogP contribution in [0.25, 0.3) is 0 Å². The second-order valence-corrected chi connectivity index (χ2v) is 4.99. The van der Waals surface area contributed by atoms with Crippen molar-refractivity contribution < 1.29 is 4.92 Å². The van der Waals surface area contributed by atoms with Crippen LogP contribution in [0.5, 0.6) is 0 Å². The van der Waals surface area contributed by atoms with Gasteiger partial charge in [-0.25, -0.2) is 0 Å². The number of hydrogen-bond donors (Lipinski definition) is 1. The molecular weight excluding hydrogens is 266 g/mol. The van der Waals surface area contributed by atoms with Gasteiger partial charge in [-0.15, -0.1) is 0 Å². The lowest BCUT2D eigenvalue weighted by Crippen LogP contribution is -2.22. The van der Waals surface area contributed by atoms with Gasteiger partial charge in [-0.3, -0.25) is 10.1 Å². The van der Waals surface area contributed by atoms with Crippen LogP contribution in [0.2, 0.25) is 0 Å². The van der Waals surface area contributed by atoms with E-state index in [1.807, 2.05) is 25.1 Å². The van der Waals surface area contributed by atoms with Crippen molar-refractivity contribution in [3.05, 3.63) is 63.7 Å². The Kier molecular flexibility index (Phi) is 4.42. The molecular formula is C16H19N3O2. The summed E-state index contributed by atoms with van der Waals surface area (Å²) in [4.78, 5) is 12.6. The first-order chi connectivity index (χ1) is 10.0. The molecule has 0 bridgehead atoms. The predicted octanol–water partition coefficient (Wildman–Crippen LogP) is 3.51. The number of nitro benzene ring substituents is 1. The van der Waals surface area contributed by atoms with Crippen molar-refractivity contribution in [3.63, 3.8) is 0 Å². The highest BCUT2D eigenvalue weighted by molar-refractivity contribution is 5.56. The third-order valence-electron chi connectivity index (χ3n) is 3.45. The van der Waals surface area contributed by atoms with Crippen LogP contribution in [-0.4, -0.2) is 11.5 Å². The van der Waals surface area contributed by atoms with Gasteiger partial charge in [-0.2, -0.15) is 0 Å². The minimum Gasteiger partial charge on any atom is -0.398 e. The maximum absolute atomic E-state index is 10.9. The lowest BCUT2D eigenvalue weighted by atomic mass is 10.1. The molecule has 0 spiro atoms. The maximum Gasteiger partial charge on any atom is 0.269 e. The molecule has 0 saturated heterocycles. The van der Waals surface area contributed by atoms with Crippen LogP contribution < -0.4 is 10.6 Å². The molecule has 0 fully saturated rings. The Morgan fingerprint density at radius 1 is 1.24 bits per heavy atom. The maximum atomic E-state index is 10.9. The van der Waals surface area contributed by atoms with Crippen LogP contribution in [0.1, 0.15) is 18.1 Å². The average Bonchev–Trinajstić information content (AvgIpc) is 2.46. The summed E-state index contributed by atoms with van der Waals surface area (Å²) < 4.78 is 0. The number of anilines is 2. The fraction of sp³-hybridized carbons (Fsp3) is 0.250. The normalized spacial score (nSPS) is 10.4. The summed E-state index contributed by atoms with van der Waals surface area (Å²) in [6.45, 7) is 5.44. The Morgan fingerprint density at radius 2 is 2.00 bits per heavy atom. The number of nitrogens with two attached hydrogens (primary N) is 1. The Hall–Kier alpha value is -2.56. The van der Waals surface area contributed by atoms with Gasteiger partial charge in [0, 0.05) is 42.2 Å². The molecule has 0 heterocycles. The molecule has 0 aliphatic heterocycles. The van der Waals surface area contributed by atoms with Crippen molar-refractivity contribution in [1.29, 1.82) is 0 Å². The van der Waals surface area contributed by atoms with Crippen LogP contribution in [-0.2, 0) is 6.54 Å². The summed E-state index contributed by atoms with van der Waals surface area (Å²) in [5, 5.41) is 10.9. The minimum atomic E-state index is -0.397. The SMILES string of the molecule is CCN(Cc1cc([N+](=O)[O-])ccc1N)c1cccc(C)c1. The number of nitrogen functional groups attached to an aromatic ring is 1. The summed E-state index contributed by atoms with van der Waals surface area (Å²) in [7, 11) is 0. The third-order valence-corrected chi connectivity index (χ3v) is 3.45. The Balaban J connectivity index is 2.30. The highest BCUT2D eigenvalue weighted by atomic mass is 16.6. The number of aryl methyl sites for hydroxylation is 1. The molecule has 0 radical (unpaired) electrons. The zero-order valence-electron chi connectivity index (χ0n) is 12.2. The monoisotopic (exact) mass is 285 g/mol. The lowest BCUT2D eigenvalue weighted by Gasteiger charge is -2.24. The van der Waals surface area contributed by atoms with E-state index in [2.05, 4.69) is 17.9 Å². The van der Waals surface area contributed by atoms with E-state index < -0.39 is 4.92 Å². The van der Waals surface area contributed by atoms with Crippen molar-refractivity contribution in [2.75, 3.05) is 17.2 Å². The number of nitro groups is 1. The first-order valence-electron chi connectivity index (χ1n) is 6.85. The molecule has 5 nitrogen and oxygen atoms in total. The zero-order chi connectivity index (χ0) is 15.4. The Morgan fingerprint density at radius 3 is 2.62 bits per heavy atom. The molecule has 0 saturated carbocycles. The van der Waals surface area contributed by atoms with Gasteiger partial charge in [0.1, 0.15) is 0 Å². The van der Waals surface area contributed by atoms with Gasteiger partial charge in [0.2, 0.25) is 0 Å². The van der Waals surface area contributed by atoms with Crippen molar-refractivity contribution >= 4 is 17.1 Å². The van der Waals surface area contributed by atoms with E-state index >= 15 is 0 Å². The summed E-state index contributed by atoms with van der Waals surface area (Å²) in [5.74, 6) is 0. The van der Waals surface area contributed by atoms with E-state index in [1.165, 1.54) is 11.6 Å². The van der Waals surface area contributed by atoms with Gasteiger partial charge in [-0.1, -0.05) is 12.1 Å². The first kappa shape index (κ1) is 14.8. The minimum absolute atomic E-state index is 0.0690. The Labute approximate surface area is 124 Å². The van der Waals surface area contributed by atoms with Gasteiger partial charge in [0.25, 0.3) is 5.69 Å². The van der Waals surface area contributed by atoms with Gasteiger partial charge < -0.3 is 10.6 Å². The summed E-state index contributed by atoms with van der Waals surface area (Å²) >= 11 is 0. The molecule has 0 aliphatic rings. The third kappa shape index (κ3) is 3.51. The number of nitrogens with zero attached hydrogens (tertiary/aromatic N) is 2. The standard InChI is InChI=1S/C16H19N3O2/c1-3-18(14-6-4-5-12(2)9-14)11-13-10-15(19(20)21)7-8-16(13)17/h4-10H,3,11,17H2,1-2H3. The molecule has 2 rings (SSSR count). The highest BCUT2D eigenvalue weighted by Crippen LogP contribution is 2.24. The molecule has 0 aliphatic carbocycles. The largest absolute Gasteiger partial charge is 0.398 e. The molecule has 5 heteroatoms. The second-order valence-electron chi connectivity index (χ2n) is 4.99. The average molecular weight is 285 g/mol. The number of benzene rings is 2. The van der Waals surface area contributed by atoms with Gasteiger partial charge >= 0.3 is 0 Å². The summed E-state index contributed by atoms with van der Waals surface area (Å²) in [5.41, 5.74) is 9.63. The van der Waals surface area contributed by atoms with Gasteiger partial charge in [0.05, 0.1) is 4.92 Å². The number of rotatable bonds is 5. The fourth-order valence-corrected chi connectivity index (χ4v) is 2.26. The number of hydrogen-bond acceptors (Lipinski definition) is 4. The van der Waals surface area contributed by atoms with E-state index in [9.17, 15) is 10.1 Å². The van der Waals surface area contributed by atoms with Crippen molar-refractivity contribution in [3.8, 4) is 0 Å². The van der Waals surface area contributed by atoms with Crippen molar-refractivity contribution in [2.24, 2.45) is 0 Å². The van der Waals surface area contributed by atoms with Crippen molar-refractivity contribution in [1.82, 2.24) is 0 Å². The smallest absolute Gasteiger partial charge is 0.269 e. The zero-order valence-corrected chi connectivity index (χ0v) is 12.2. The first-order valence-corrected chi connectivity index (χ1v) is 6.85. The van der Waals surface area contributed by atoms with Crippen LogP contribution in [0.15, 0.2) is 42.5 Å². The van der Waals surface area contributed by atoms with Gasteiger partial charge in [-0.05, 0) is 37.6 Å². The molecule has 110 valence electrons. The predicted molar refractivity (Wildman–Crippen MR) is 85.4 cm³/mol. The van der Waals surface area contributed by atoms with E-state index in [0.717, 1.165) is 17.8 Å². The lowest BCUT2D eigenvalue weighted by molar-refractivity contribution is -0.384. The fourth-order valence-electron chi connectivity index (χ4n) is 2.26. The van der Waals surface area contributed by atoms with E-state index in [-0.39, 0.29) is 5.69 Å². The molecule has 2 aromatic carbocycles. The molecule has 0 atom stereocenters. The molecule has 0 amide bonds. The quantitative estimate of drug-likeness (QED) is 0.518. The Bertz CT molecular complexity index is 656. The number of non-ortho nitro benzene ring substituents is 1. The topological polar surface area (TPSA) is 72.4 Å². The van der Waals surface area contributed by atoms with E-state index in [0.29, 0.717) is 12.2 Å².